The minimum absolute atomic E-state index is 0.0351. The summed E-state index contributed by atoms with van der Waals surface area (Å²) < 4.78 is 6.90. The van der Waals surface area contributed by atoms with Gasteiger partial charge in [-0.15, -0.1) is 0 Å². The van der Waals surface area contributed by atoms with Gasteiger partial charge in [-0.05, 0) is 39.2 Å². The molecule has 0 N–H and O–H groups in total. The maximum absolute atomic E-state index is 12.7. The van der Waals surface area contributed by atoms with Crippen LogP contribution in [0.4, 0.5) is 0 Å². The van der Waals surface area contributed by atoms with Gasteiger partial charge in [-0.2, -0.15) is 5.10 Å². The summed E-state index contributed by atoms with van der Waals surface area (Å²) >= 11 is 0. The van der Waals surface area contributed by atoms with Crippen molar-refractivity contribution in [2.75, 3.05) is 13.1 Å². The molecule has 27 heavy (non-hydrogen) atoms. The lowest BCUT2D eigenvalue weighted by atomic mass is 9.84. The second-order valence-corrected chi connectivity index (χ2v) is 7.67. The fraction of sp³-hybridized carbons (Fsp3) is 0.579. The van der Waals surface area contributed by atoms with Gasteiger partial charge in [0.15, 0.2) is 0 Å². The van der Waals surface area contributed by atoms with E-state index in [1.165, 1.54) is 0 Å². The van der Waals surface area contributed by atoms with Crippen LogP contribution in [0.1, 0.15) is 53.2 Å². The van der Waals surface area contributed by atoms with E-state index in [9.17, 15) is 9.59 Å². The van der Waals surface area contributed by atoms with Crippen LogP contribution < -0.4 is 0 Å². The first kappa shape index (κ1) is 17.8. The quantitative estimate of drug-likeness (QED) is 0.822. The lowest BCUT2D eigenvalue weighted by molar-refractivity contribution is -0.133. The van der Waals surface area contributed by atoms with Crippen molar-refractivity contribution in [2.45, 2.75) is 51.6 Å². The molecule has 1 spiro atoms. The molecule has 2 amide bonds. The van der Waals surface area contributed by atoms with E-state index in [-0.39, 0.29) is 17.4 Å². The number of carbonyl (C=O) groups excluding carboxylic acids is 2. The van der Waals surface area contributed by atoms with Crippen molar-refractivity contribution in [1.82, 2.24) is 24.7 Å². The molecule has 2 aliphatic rings. The van der Waals surface area contributed by atoms with Crippen molar-refractivity contribution >= 4 is 11.8 Å². The van der Waals surface area contributed by atoms with Crippen molar-refractivity contribution in [3.05, 3.63) is 35.0 Å². The Morgan fingerprint density at radius 3 is 2.59 bits per heavy atom. The smallest absolute Gasteiger partial charge is 0.274 e. The summed E-state index contributed by atoms with van der Waals surface area (Å²) in [6.07, 6.45) is 4.78. The third kappa shape index (κ3) is 3.02. The molecule has 2 aromatic rings. The summed E-state index contributed by atoms with van der Waals surface area (Å²) in [5.74, 6) is 0.914. The molecule has 0 radical (unpaired) electrons. The second kappa shape index (κ2) is 6.51. The minimum atomic E-state index is -0.172. The van der Waals surface area contributed by atoms with E-state index in [1.54, 1.807) is 24.0 Å². The van der Waals surface area contributed by atoms with Crippen molar-refractivity contribution in [1.29, 1.82) is 0 Å². The number of aryl methyl sites for hydroxylation is 3. The second-order valence-electron chi connectivity index (χ2n) is 7.67. The first-order valence-electron chi connectivity index (χ1n) is 9.41. The first-order chi connectivity index (χ1) is 12.9. The highest BCUT2D eigenvalue weighted by atomic mass is 16.5. The molecule has 0 bridgehead atoms. The van der Waals surface area contributed by atoms with E-state index in [0.717, 1.165) is 36.3 Å². The summed E-state index contributed by atoms with van der Waals surface area (Å²) in [6.45, 7) is 5.61. The van der Waals surface area contributed by atoms with E-state index in [2.05, 4.69) is 10.3 Å². The number of amides is 2. The van der Waals surface area contributed by atoms with E-state index >= 15 is 0 Å². The van der Waals surface area contributed by atoms with Crippen molar-refractivity contribution in [3.63, 3.8) is 0 Å². The van der Waals surface area contributed by atoms with E-state index in [0.29, 0.717) is 31.7 Å². The van der Waals surface area contributed by atoms with Gasteiger partial charge in [0.05, 0.1) is 12.2 Å². The van der Waals surface area contributed by atoms with Gasteiger partial charge >= 0.3 is 0 Å². The van der Waals surface area contributed by atoms with Crippen LogP contribution in [0.15, 0.2) is 16.8 Å². The van der Waals surface area contributed by atoms with Gasteiger partial charge in [0.25, 0.3) is 5.91 Å². The van der Waals surface area contributed by atoms with Crippen LogP contribution in [-0.4, -0.2) is 55.2 Å². The molecular formula is C19H25N5O3. The Labute approximate surface area is 158 Å². The molecular weight excluding hydrogens is 346 g/mol. The molecule has 0 atom stereocenters. The molecule has 2 aromatic heterocycles. The Morgan fingerprint density at radius 2 is 2.00 bits per heavy atom. The third-order valence-electron chi connectivity index (χ3n) is 6.09. The van der Waals surface area contributed by atoms with Crippen LogP contribution in [-0.2, 0) is 18.4 Å². The van der Waals surface area contributed by atoms with E-state index < -0.39 is 0 Å². The number of aromatic nitrogens is 3. The Balaban J connectivity index is 1.49. The predicted octanol–water partition coefficient (Wildman–Crippen LogP) is 1.82. The molecule has 2 saturated heterocycles. The summed E-state index contributed by atoms with van der Waals surface area (Å²) in [5, 5.41) is 8.23. The molecule has 8 nitrogen and oxygen atoms in total. The average Bonchev–Trinajstić information content (AvgIpc) is 3.31. The van der Waals surface area contributed by atoms with Gasteiger partial charge in [0.1, 0.15) is 11.5 Å². The molecule has 0 unspecified atom stereocenters. The molecule has 4 rings (SSSR count). The fourth-order valence-corrected chi connectivity index (χ4v) is 4.35. The van der Waals surface area contributed by atoms with Gasteiger partial charge in [-0.3, -0.25) is 14.3 Å². The summed E-state index contributed by atoms with van der Waals surface area (Å²) in [5.41, 5.74) is 2.14. The maximum atomic E-state index is 12.7. The Bertz CT molecular complexity index is 856. The largest absolute Gasteiger partial charge is 0.361 e. The standard InChI is InChI=1S/C19H25N5O3/c1-13-15(14(2)27-21-13)12-24-17(25)4-6-19(24)7-10-23(11-8-19)18(26)16-5-9-22(3)20-16/h5,9H,4,6-8,10-12H2,1-3H3. The molecule has 0 saturated carbocycles. The van der Waals surface area contributed by atoms with Gasteiger partial charge in [-0.25, -0.2) is 0 Å². The van der Waals surface area contributed by atoms with Gasteiger partial charge in [0.2, 0.25) is 5.91 Å². The lowest BCUT2D eigenvalue weighted by Gasteiger charge is -2.44. The Kier molecular flexibility index (Phi) is 4.28. The molecule has 0 aromatic carbocycles. The molecule has 0 aliphatic carbocycles. The lowest BCUT2D eigenvalue weighted by Crippen LogP contribution is -2.54. The fourth-order valence-electron chi connectivity index (χ4n) is 4.35. The zero-order valence-electron chi connectivity index (χ0n) is 16.1. The highest BCUT2D eigenvalue weighted by Crippen LogP contribution is 2.40. The van der Waals surface area contributed by atoms with Crippen LogP contribution in [0, 0.1) is 13.8 Å². The van der Waals surface area contributed by atoms with Crippen LogP contribution >= 0.6 is 0 Å². The zero-order chi connectivity index (χ0) is 19.2. The molecule has 8 heteroatoms. The number of rotatable bonds is 3. The van der Waals surface area contributed by atoms with E-state index in [4.69, 9.17) is 4.52 Å². The van der Waals surface area contributed by atoms with Crippen LogP contribution in [0.25, 0.3) is 0 Å². The number of nitrogens with zero attached hydrogens (tertiary/aromatic N) is 5. The molecule has 4 heterocycles. The normalized spacial score (nSPS) is 19.3. The van der Waals surface area contributed by atoms with Crippen LogP contribution in [0.3, 0.4) is 0 Å². The minimum Gasteiger partial charge on any atom is -0.361 e. The summed E-state index contributed by atoms with van der Waals surface area (Å²) in [7, 11) is 1.80. The van der Waals surface area contributed by atoms with E-state index in [1.807, 2.05) is 23.6 Å². The number of piperidine rings is 1. The van der Waals surface area contributed by atoms with Crippen molar-refractivity contribution in [2.24, 2.45) is 7.05 Å². The monoisotopic (exact) mass is 371 g/mol. The SMILES string of the molecule is Cc1noc(C)c1CN1C(=O)CCC12CCN(C(=O)c1ccn(C)n1)CC2. The molecule has 144 valence electrons. The average molecular weight is 371 g/mol. The Morgan fingerprint density at radius 1 is 1.26 bits per heavy atom. The molecule has 2 fully saturated rings. The zero-order valence-corrected chi connectivity index (χ0v) is 16.1. The summed E-state index contributed by atoms with van der Waals surface area (Å²) in [4.78, 5) is 29.1. The van der Waals surface area contributed by atoms with Crippen molar-refractivity contribution in [3.8, 4) is 0 Å². The first-order valence-corrected chi connectivity index (χ1v) is 9.41. The third-order valence-corrected chi connectivity index (χ3v) is 6.09. The van der Waals surface area contributed by atoms with Crippen molar-refractivity contribution < 1.29 is 14.1 Å². The number of hydrogen-bond acceptors (Lipinski definition) is 5. The number of hydrogen-bond donors (Lipinski definition) is 0. The van der Waals surface area contributed by atoms with Crippen LogP contribution in [0.2, 0.25) is 0 Å². The topological polar surface area (TPSA) is 84.5 Å². The molecule has 2 aliphatic heterocycles. The summed E-state index contributed by atoms with van der Waals surface area (Å²) in [6, 6.07) is 1.75. The van der Waals surface area contributed by atoms with Gasteiger partial charge in [-0.1, -0.05) is 5.16 Å². The highest BCUT2D eigenvalue weighted by Gasteiger charge is 2.47. The number of carbonyl (C=O) groups is 2. The van der Waals surface area contributed by atoms with Gasteiger partial charge < -0.3 is 14.3 Å². The van der Waals surface area contributed by atoms with Gasteiger partial charge in [0, 0.05) is 43.9 Å². The Hall–Kier alpha value is -2.64. The predicted molar refractivity (Wildman–Crippen MR) is 96.8 cm³/mol. The maximum Gasteiger partial charge on any atom is 0.274 e. The number of likely N-dealkylation sites (tertiary alicyclic amines) is 2. The van der Waals surface area contributed by atoms with Crippen LogP contribution in [0.5, 0.6) is 0 Å². The highest BCUT2D eigenvalue weighted by molar-refractivity contribution is 5.92.